The Morgan fingerprint density at radius 1 is 0.894 bits per heavy atom. The summed E-state index contributed by atoms with van der Waals surface area (Å²) in [4.78, 5) is 26.9. The van der Waals surface area contributed by atoms with Crippen molar-refractivity contribution in [3.8, 4) is 17.3 Å². The maximum atomic E-state index is 13.6. The summed E-state index contributed by atoms with van der Waals surface area (Å²) in [6.45, 7) is -0.0511. The quantitative estimate of drug-likeness (QED) is 0.113. The van der Waals surface area contributed by atoms with E-state index in [-0.39, 0.29) is 44.4 Å². The zero-order chi connectivity index (χ0) is 34.2. The molecule has 0 spiro atoms. The second-order valence-electron chi connectivity index (χ2n) is 10.2. The van der Waals surface area contributed by atoms with Crippen LogP contribution in [0.5, 0.6) is 5.75 Å². The van der Waals surface area contributed by atoms with E-state index < -0.39 is 35.1 Å². The van der Waals surface area contributed by atoms with E-state index in [1.807, 2.05) is 6.07 Å². The van der Waals surface area contributed by atoms with E-state index in [2.05, 4.69) is 16.9 Å². The number of nitrogens with one attached hydrogen (secondary N) is 1. The molecule has 244 valence electrons. The molecule has 4 aromatic carbocycles. The Labute approximate surface area is 283 Å². The molecule has 1 amide bonds. The van der Waals surface area contributed by atoms with Crippen molar-refractivity contribution >= 4 is 57.6 Å². The van der Waals surface area contributed by atoms with Crippen LogP contribution in [0.25, 0.3) is 0 Å². The molecule has 1 N–H and O–H groups in total. The first kappa shape index (κ1) is 35.7. The molecule has 0 aliphatic rings. The molecule has 9 nitrogen and oxygen atoms in total. The lowest BCUT2D eigenvalue weighted by Gasteiger charge is -2.19. The average Bonchev–Trinajstić information content (AvgIpc) is 3.05. The van der Waals surface area contributed by atoms with E-state index in [1.165, 1.54) is 38.5 Å². The summed E-state index contributed by atoms with van der Waals surface area (Å²) in [7, 11) is -4.49. The third-order valence-corrected chi connectivity index (χ3v) is 10.5. The Bertz CT molecular complexity index is 1990. The van der Waals surface area contributed by atoms with E-state index >= 15 is 0 Å². The first-order valence-corrected chi connectivity index (χ1v) is 18.2. The summed E-state index contributed by atoms with van der Waals surface area (Å²) in [6, 6.07) is 23.1. The van der Waals surface area contributed by atoms with Crippen molar-refractivity contribution in [3.63, 3.8) is 0 Å². The average molecular weight is 715 g/mol. The zero-order valence-electron chi connectivity index (χ0n) is 25.5. The summed E-state index contributed by atoms with van der Waals surface area (Å²) < 4.78 is 53.9. The minimum absolute atomic E-state index is 0.0511. The van der Waals surface area contributed by atoms with Gasteiger partial charge in [-0.2, -0.15) is 0 Å². The monoisotopic (exact) mass is 713 g/mol. The van der Waals surface area contributed by atoms with Gasteiger partial charge in [-0.25, -0.2) is 13.2 Å². The number of esters is 1. The third kappa shape index (κ3) is 9.25. The van der Waals surface area contributed by atoms with Gasteiger partial charge < -0.3 is 19.3 Å². The first-order chi connectivity index (χ1) is 22.3. The fourth-order valence-electron chi connectivity index (χ4n) is 4.47. The molecule has 0 heterocycles. The van der Waals surface area contributed by atoms with Crippen molar-refractivity contribution in [2.24, 2.45) is 0 Å². The van der Waals surface area contributed by atoms with Crippen molar-refractivity contribution in [1.82, 2.24) is 5.32 Å². The minimum atomic E-state index is -3.68. The predicted molar refractivity (Wildman–Crippen MR) is 181 cm³/mol. The Morgan fingerprint density at radius 3 is 2.17 bits per heavy atom. The fourth-order valence-corrected chi connectivity index (χ4v) is 7.24. The number of benzene rings is 4. The highest BCUT2D eigenvalue weighted by atomic mass is 35.5. The largest absolute Gasteiger partial charge is 0.496 e. The van der Waals surface area contributed by atoms with Crippen molar-refractivity contribution < 1.29 is 36.6 Å². The molecule has 0 fully saturated rings. The van der Waals surface area contributed by atoms with Gasteiger partial charge in [0.25, 0.3) is 5.91 Å². The van der Waals surface area contributed by atoms with Gasteiger partial charge >= 0.3 is 13.3 Å². The molecule has 0 aliphatic heterocycles. The lowest BCUT2D eigenvalue weighted by Crippen LogP contribution is -2.43. The van der Waals surface area contributed by atoms with Crippen LogP contribution < -0.4 is 15.4 Å². The lowest BCUT2D eigenvalue weighted by atomic mass is 10.0. The number of rotatable bonds is 11. The number of halogens is 2. The second-order valence-corrected chi connectivity index (χ2v) is 15.2. The summed E-state index contributed by atoms with van der Waals surface area (Å²) >= 11 is 13.0. The predicted octanol–water partition coefficient (Wildman–Crippen LogP) is 6.05. The molecule has 0 saturated carbocycles. The number of para-hydroxylation sites is 1. The highest BCUT2D eigenvalue weighted by Gasteiger charge is 2.28. The van der Waals surface area contributed by atoms with Gasteiger partial charge in [-0.05, 0) is 53.2 Å². The standard InChI is InChI=1S/C34H30Cl2NO8PS/c1-43-30-14-7-8-15-31(30)46(40,44-2)17-16-25-19-27(35)32(28(36)20-25)33(38)37-29(34(39)45-22-23-10-5-4-6-11-23)21-24-12-9-13-26(18-24)47(3,41)42/h4-15,18-20,29H,21-22H2,1-3H3,(H,37,38)/t29-,46?/m0/s1. The molecule has 4 aromatic rings. The normalized spacial score (nSPS) is 13.0. The minimum Gasteiger partial charge on any atom is -0.496 e. The Morgan fingerprint density at radius 2 is 1.53 bits per heavy atom. The van der Waals surface area contributed by atoms with E-state index in [1.54, 1.807) is 60.7 Å². The SMILES string of the molecule is COc1ccccc1P(=O)(C#Cc1cc(Cl)c(C(=O)N[C@@H](Cc2cccc(S(C)(=O)=O)c2)C(=O)OCc2ccccc2)c(Cl)c1)OC. The van der Waals surface area contributed by atoms with Crippen LogP contribution in [0, 0.1) is 11.6 Å². The van der Waals surface area contributed by atoms with Crippen molar-refractivity contribution in [1.29, 1.82) is 0 Å². The fraction of sp³-hybridized carbons (Fsp3) is 0.176. The smallest absolute Gasteiger partial charge is 0.329 e. The highest BCUT2D eigenvalue weighted by Crippen LogP contribution is 2.46. The molecule has 1 unspecified atom stereocenters. The molecule has 0 bridgehead atoms. The van der Waals surface area contributed by atoms with Crippen LogP contribution >= 0.6 is 30.6 Å². The molecule has 0 aliphatic carbocycles. The van der Waals surface area contributed by atoms with E-state index in [4.69, 9.17) is 37.2 Å². The molecule has 0 radical (unpaired) electrons. The molecule has 0 aromatic heterocycles. The zero-order valence-corrected chi connectivity index (χ0v) is 28.8. The molecular weight excluding hydrogens is 684 g/mol. The maximum Gasteiger partial charge on any atom is 0.329 e. The van der Waals surface area contributed by atoms with Gasteiger partial charge in [-0.1, -0.05) is 83.7 Å². The second kappa shape index (κ2) is 15.7. The Hall–Kier alpha value is -4.10. The Kier molecular flexibility index (Phi) is 11.9. The number of amides is 1. The maximum absolute atomic E-state index is 13.6. The van der Waals surface area contributed by atoms with Crippen LogP contribution in [0.4, 0.5) is 0 Å². The molecule has 2 atom stereocenters. The van der Waals surface area contributed by atoms with Gasteiger partial charge in [-0.15, -0.1) is 0 Å². The first-order valence-electron chi connectivity index (χ1n) is 14.0. The summed E-state index contributed by atoms with van der Waals surface area (Å²) in [5.74, 6) is 1.56. The van der Waals surface area contributed by atoms with Crippen molar-refractivity contribution in [2.45, 2.75) is 24.0 Å². The number of carbonyl (C=O) groups excluding carboxylic acids is 2. The van der Waals surface area contributed by atoms with Crippen LogP contribution in [0.2, 0.25) is 10.0 Å². The van der Waals surface area contributed by atoms with Crippen molar-refractivity contribution in [3.05, 3.63) is 123 Å². The van der Waals surface area contributed by atoms with Crippen LogP contribution in [-0.2, 0) is 41.5 Å². The van der Waals surface area contributed by atoms with Crippen LogP contribution in [-0.4, -0.2) is 46.8 Å². The molecular formula is C34H30Cl2NO8PS. The van der Waals surface area contributed by atoms with Gasteiger partial charge in [-0.3, -0.25) is 9.36 Å². The van der Waals surface area contributed by atoms with Crippen LogP contribution in [0.15, 0.2) is 95.9 Å². The van der Waals surface area contributed by atoms with E-state index in [0.29, 0.717) is 11.3 Å². The molecule has 0 saturated heterocycles. The molecule has 47 heavy (non-hydrogen) atoms. The highest BCUT2D eigenvalue weighted by molar-refractivity contribution is 7.90. The number of ether oxygens (including phenoxy) is 2. The number of hydrogen-bond acceptors (Lipinski definition) is 8. The Balaban J connectivity index is 1.61. The van der Waals surface area contributed by atoms with Crippen LogP contribution in [0.1, 0.15) is 27.0 Å². The van der Waals surface area contributed by atoms with Gasteiger partial charge in [0.05, 0.1) is 32.9 Å². The number of carbonyl (C=O) groups is 2. The lowest BCUT2D eigenvalue weighted by molar-refractivity contribution is -0.147. The third-order valence-electron chi connectivity index (χ3n) is 6.86. The number of hydrogen-bond donors (Lipinski definition) is 1. The number of methoxy groups -OCH3 is 1. The van der Waals surface area contributed by atoms with Gasteiger partial charge in [0.2, 0.25) is 0 Å². The van der Waals surface area contributed by atoms with Gasteiger partial charge in [0.1, 0.15) is 18.4 Å². The van der Waals surface area contributed by atoms with Crippen molar-refractivity contribution in [2.75, 3.05) is 20.5 Å². The number of sulfone groups is 1. The van der Waals surface area contributed by atoms with E-state index in [9.17, 15) is 22.6 Å². The summed E-state index contributed by atoms with van der Waals surface area (Å²) in [5, 5.41) is 2.74. The van der Waals surface area contributed by atoms with Gasteiger partial charge in [0.15, 0.2) is 9.84 Å². The molecule has 4 rings (SSSR count). The topological polar surface area (TPSA) is 125 Å². The summed E-state index contributed by atoms with van der Waals surface area (Å²) in [6.07, 6.45) is 0.987. The van der Waals surface area contributed by atoms with E-state index in [0.717, 1.165) is 11.8 Å². The van der Waals surface area contributed by atoms with Gasteiger partial charge in [0, 0.05) is 25.3 Å². The molecule has 13 heteroatoms. The van der Waals surface area contributed by atoms with Crippen LogP contribution in [0.3, 0.4) is 0 Å². The summed E-state index contributed by atoms with van der Waals surface area (Å²) in [5.41, 5.74) is 3.97.